The topological polar surface area (TPSA) is 119 Å². The van der Waals surface area contributed by atoms with E-state index >= 15 is 0 Å². The van der Waals surface area contributed by atoms with Crippen LogP contribution in [0, 0.1) is 11.8 Å². The highest BCUT2D eigenvalue weighted by molar-refractivity contribution is 6.05. The average molecular weight is 454 g/mol. The van der Waals surface area contributed by atoms with Gasteiger partial charge in [-0.15, -0.1) is 0 Å². The Morgan fingerprint density at radius 3 is 2.65 bits per heavy atom. The third kappa shape index (κ3) is 3.60. The highest BCUT2D eigenvalue weighted by Gasteiger charge is 2.42. The number of hydrogen-bond donors (Lipinski definition) is 2. The smallest absolute Gasteiger partial charge is 0.269 e. The van der Waals surface area contributed by atoms with E-state index in [1.54, 1.807) is 34.6 Å². The Morgan fingerprint density at radius 2 is 1.97 bits per heavy atom. The zero-order chi connectivity index (χ0) is 24.0. The zero-order valence-corrected chi connectivity index (χ0v) is 18.7. The lowest BCUT2D eigenvalue weighted by molar-refractivity contribution is -0.137. The van der Waals surface area contributed by atoms with Gasteiger partial charge >= 0.3 is 0 Å². The summed E-state index contributed by atoms with van der Waals surface area (Å²) in [5.74, 6) is 4.60. The van der Waals surface area contributed by atoms with Crippen LogP contribution in [0.15, 0.2) is 54.7 Å². The fourth-order valence-electron chi connectivity index (χ4n) is 4.09. The van der Waals surface area contributed by atoms with E-state index in [4.69, 9.17) is 5.73 Å². The second kappa shape index (κ2) is 7.86. The lowest BCUT2D eigenvalue weighted by Gasteiger charge is -2.13. The number of aromatic nitrogens is 4. The van der Waals surface area contributed by atoms with Gasteiger partial charge in [-0.2, -0.15) is 10.2 Å². The van der Waals surface area contributed by atoms with Gasteiger partial charge in [-0.3, -0.25) is 14.3 Å². The molecule has 0 spiro atoms. The predicted molar refractivity (Wildman–Crippen MR) is 126 cm³/mol. The Bertz CT molecular complexity index is 1520. The number of aliphatic hydroxyl groups is 1. The SMILES string of the molecule is CN1CCC(O)(C#Cc2cccc(-n3nc(C(N)=O)c4cc(-c5ccn(C)n5)ccc43)c2)C1=O. The van der Waals surface area contributed by atoms with Crippen LogP contribution in [0.5, 0.6) is 0 Å². The van der Waals surface area contributed by atoms with Crippen LogP contribution >= 0.6 is 0 Å². The van der Waals surface area contributed by atoms with Crippen molar-refractivity contribution >= 4 is 22.7 Å². The molecule has 2 aromatic heterocycles. The number of likely N-dealkylation sites (tertiary alicyclic amines) is 1. The molecule has 1 atom stereocenters. The number of nitrogens with zero attached hydrogens (tertiary/aromatic N) is 5. The molecule has 9 heteroatoms. The van der Waals surface area contributed by atoms with Gasteiger partial charge in [0.15, 0.2) is 5.69 Å². The van der Waals surface area contributed by atoms with Gasteiger partial charge < -0.3 is 15.7 Å². The van der Waals surface area contributed by atoms with Crippen LogP contribution in [0.2, 0.25) is 0 Å². The molecule has 0 radical (unpaired) electrons. The predicted octanol–water partition coefficient (Wildman–Crippen LogP) is 1.47. The molecule has 1 saturated heterocycles. The second-order valence-electron chi connectivity index (χ2n) is 8.37. The van der Waals surface area contributed by atoms with Gasteiger partial charge in [0.25, 0.3) is 11.8 Å². The first kappa shape index (κ1) is 21.4. The molecule has 0 bridgehead atoms. The van der Waals surface area contributed by atoms with E-state index in [0.29, 0.717) is 28.7 Å². The fourth-order valence-corrected chi connectivity index (χ4v) is 4.09. The number of rotatable bonds is 3. The summed E-state index contributed by atoms with van der Waals surface area (Å²) in [4.78, 5) is 25.8. The van der Waals surface area contributed by atoms with Gasteiger partial charge in [-0.1, -0.05) is 24.0 Å². The molecule has 0 aliphatic carbocycles. The Morgan fingerprint density at radius 1 is 1.15 bits per heavy atom. The number of carbonyl (C=O) groups excluding carboxylic acids is 2. The fraction of sp³-hybridized carbons (Fsp3) is 0.200. The molecule has 5 rings (SSSR count). The van der Waals surface area contributed by atoms with Crippen LogP contribution in [0.4, 0.5) is 0 Å². The van der Waals surface area contributed by atoms with Crippen molar-refractivity contribution in [1.82, 2.24) is 24.5 Å². The molecule has 2 amide bonds. The number of primary amides is 1. The molecule has 0 saturated carbocycles. The minimum Gasteiger partial charge on any atom is -0.369 e. The number of benzene rings is 2. The molecule has 9 nitrogen and oxygen atoms in total. The Labute approximate surface area is 195 Å². The number of likely N-dealkylation sites (N-methyl/N-ethyl adjacent to an activating group) is 1. The van der Waals surface area contributed by atoms with Gasteiger partial charge in [0, 0.05) is 49.8 Å². The van der Waals surface area contributed by atoms with Gasteiger partial charge in [-0.25, -0.2) is 4.68 Å². The molecular weight excluding hydrogens is 432 g/mol. The standard InChI is InChI=1S/C25H22N6O3/c1-29-13-11-25(34,24(29)33)10-8-16-4-3-5-18(14-16)31-21-7-6-17(20-9-12-30(2)27-20)15-19(21)22(28-31)23(26)32/h3-7,9,12,14-15,34H,11,13H2,1-2H3,(H2,26,32). The molecule has 4 aromatic rings. The Kier molecular flexibility index (Phi) is 4.96. The van der Waals surface area contributed by atoms with Crippen LogP contribution < -0.4 is 5.73 Å². The number of hydrogen-bond acceptors (Lipinski definition) is 5. The molecular formula is C25H22N6O3. The first-order valence-electron chi connectivity index (χ1n) is 10.7. The Hall–Kier alpha value is -4.42. The molecule has 1 aliphatic rings. The molecule has 2 aromatic carbocycles. The minimum atomic E-state index is -1.68. The summed E-state index contributed by atoms with van der Waals surface area (Å²) in [5, 5.41) is 20.1. The van der Waals surface area contributed by atoms with Crippen molar-refractivity contribution in [2.75, 3.05) is 13.6 Å². The zero-order valence-electron chi connectivity index (χ0n) is 18.7. The molecule has 1 unspecified atom stereocenters. The summed E-state index contributed by atoms with van der Waals surface area (Å²) in [5.41, 5.74) is 7.68. The first-order chi connectivity index (χ1) is 16.2. The van der Waals surface area contributed by atoms with Crippen molar-refractivity contribution in [2.24, 2.45) is 12.8 Å². The minimum absolute atomic E-state index is 0.151. The Balaban J connectivity index is 1.57. The van der Waals surface area contributed by atoms with E-state index in [-0.39, 0.29) is 12.1 Å². The summed E-state index contributed by atoms with van der Waals surface area (Å²) >= 11 is 0. The summed E-state index contributed by atoms with van der Waals surface area (Å²) in [6.07, 6.45) is 2.11. The number of fused-ring (bicyclic) bond motifs is 1. The molecule has 170 valence electrons. The summed E-state index contributed by atoms with van der Waals surface area (Å²) in [6.45, 7) is 0.458. The van der Waals surface area contributed by atoms with E-state index in [9.17, 15) is 14.7 Å². The maximum atomic E-state index is 12.2. The first-order valence-corrected chi connectivity index (χ1v) is 10.7. The lowest BCUT2D eigenvalue weighted by Crippen LogP contribution is -2.37. The van der Waals surface area contributed by atoms with Crippen molar-refractivity contribution in [3.63, 3.8) is 0 Å². The van der Waals surface area contributed by atoms with Crippen LogP contribution in [-0.2, 0) is 11.8 Å². The number of amides is 2. The largest absolute Gasteiger partial charge is 0.369 e. The quantitative estimate of drug-likeness (QED) is 0.455. The summed E-state index contributed by atoms with van der Waals surface area (Å²) < 4.78 is 3.34. The summed E-state index contributed by atoms with van der Waals surface area (Å²) in [7, 11) is 3.48. The summed E-state index contributed by atoms with van der Waals surface area (Å²) in [6, 6.07) is 14.7. The normalized spacial score (nSPS) is 17.7. The van der Waals surface area contributed by atoms with Crippen molar-refractivity contribution < 1.29 is 14.7 Å². The van der Waals surface area contributed by atoms with Crippen LogP contribution in [0.3, 0.4) is 0 Å². The van der Waals surface area contributed by atoms with Gasteiger partial charge in [0.05, 0.1) is 16.9 Å². The number of aryl methyl sites for hydroxylation is 1. The highest BCUT2D eigenvalue weighted by atomic mass is 16.3. The van der Waals surface area contributed by atoms with Crippen molar-refractivity contribution in [1.29, 1.82) is 0 Å². The highest BCUT2D eigenvalue weighted by Crippen LogP contribution is 2.28. The van der Waals surface area contributed by atoms with E-state index in [1.807, 2.05) is 43.6 Å². The van der Waals surface area contributed by atoms with Gasteiger partial charge in [-0.05, 0) is 36.4 Å². The van der Waals surface area contributed by atoms with Crippen molar-refractivity contribution in [2.45, 2.75) is 12.0 Å². The molecule has 1 aliphatic heterocycles. The van der Waals surface area contributed by atoms with E-state index in [2.05, 4.69) is 22.0 Å². The monoisotopic (exact) mass is 454 g/mol. The maximum absolute atomic E-state index is 12.2. The van der Waals surface area contributed by atoms with Crippen LogP contribution in [0.25, 0.3) is 27.8 Å². The average Bonchev–Trinajstić information content (AvgIpc) is 3.50. The molecule has 3 N–H and O–H groups in total. The number of nitrogens with two attached hydrogens (primary N) is 1. The van der Waals surface area contributed by atoms with Crippen molar-refractivity contribution in [3.8, 4) is 28.8 Å². The molecule has 3 heterocycles. The lowest BCUT2D eigenvalue weighted by atomic mass is 10.0. The van der Waals surface area contributed by atoms with Gasteiger partial charge in [0.1, 0.15) is 0 Å². The van der Waals surface area contributed by atoms with E-state index in [1.165, 1.54) is 4.90 Å². The third-order valence-electron chi connectivity index (χ3n) is 5.94. The maximum Gasteiger partial charge on any atom is 0.269 e. The van der Waals surface area contributed by atoms with Crippen LogP contribution in [-0.4, -0.2) is 60.6 Å². The molecule has 34 heavy (non-hydrogen) atoms. The van der Waals surface area contributed by atoms with Crippen LogP contribution in [0.1, 0.15) is 22.5 Å². The molecule has 1 fully saturated rings. The van der Waals surface area contributed by atoms with E-state index in [0.717, 1.165) is 11.3 Å². The second-order valence-corrected chi connectivity index (χ2v) is 8.37. The number of carbonyl (C=O) groups is 2. The third-order valence-corrected chi connectivity index (χ3v) is 5.94. The van der Waals surface area contributed by atoms with E-state index < -0.39 is 17.4 Å². The van der Waals surface area contributed by atoms with Crippen molar-refractivity contribution in [3.05, 3.63) is 66.0 Å². The van der Waals surface area contributed by atoms with Gasteiger partial charge in [0.2, 0.25) is 5.60 Å².